The maximum absolute atomic E-state index is 12.4. The Hall–Kier alpha value is -2.45. The summed E-state index contributed by atoms with van der Waals surface area (Å²) < 4.78 is 5.17. The third-order valence-corrected chi connectivity index (χ3v) is 3.62. The predicted octanol–water partition coefficient (Wildman–Crippen LogP) is 1.98. The van der Waals surface area contributed by atoms with Crippen LogP contribution in [0.4, 0.5) is 5.69 Å². The van der Waals surface area contributed by atoms with Gasteiger partial charge in [-0.05, 0) is 24.7 Å². The molecule has 1 rings (SSSR count). The van der Waals surface area contributed by atoms with Crippen LogP contribution in [0.25, 0.3) is 0 Å². The first-order chi connectivity index (χ1) is 11.7. The van der Waals surface area contributed by atoms with Gasteiger partial charge in [0, 0.05) is 13.1 Å². The first-order valence-corrected chi connectivity index (χ1v) is 8.35. The number of nitrogens with one attached hydrogen (secondary N) is 1. The second-order valence-electron chi connectivity index (χ2n) is 6.68. The van der Waals surface area contributed by atoms with E-state index in [1.807, 2.05) is 0 Å². The van der Waals surface area contributed by atoms with Crippen LogP contribution in [0.5, 0.6) is 5.88 Å². The molecule has 0 aromatic carbocycles. The molecule has 1 amide bonds. The molecule has 0 atom stereocenters. The van der Waals surface area contributed by atoms with Crippen molar-refractivity contribution in [3.8, 4) is 5.88 Å². The van der Waals surface area contributed by atoms with Crippen molar-refractivity contribution in [2.45, 2.75) is 40.5 Å². The number of amides is 1. The third kappa shape index (κ3) is 6.90. The van der Waals surface area contributed by atoms with Gasteiger partial charge in [-0.2, -0.15) is 4.98 Å². The first kappa shape index (κ1) is 20.6. The van der Waals surface area contributed by atoms with Crippen molar-refractivity contribution in [3.63, 3.8) is 0 Å². The molecule has 1 aromatic rings. The highest BCUT2D eigenvalue weighted by molar-refractivity contribution is 5.77. The zero-order chi connectivity index (χ0) is 19.0. The molecule has 0 fully saturated rings. The number of carbonyl (C=O) groups excluding carboxylic acids is 1. The average molecular weight is 354 g/mol. The molecule has 25 heavy (non-hydrogen) atoms. The number of ether oxygens (including phenoxy) is 1. The van der Waals surface area contributed by atoms with E-state index >= 15 is 0 Å². The minimum Gasteiger partial charge on any atom is -0.463 e. The van der Waals surface area contributed by atoms with Gasteiger partial charge in [0.25, 0.3) is 5.91 Å². The van der Waals surface area contributed by atoms with Crippen molar-refractivity contribution >= 4 is 11.6 Å². The molecule has 0 radical (unpaired) electrons. The van der Waals surface area contributed by atoms with Crippen LogP contribution in [-0.2, 0) is 4.79 Å². The predicted molar refractivity (Wildman–Crippen MR) is 92.5 cm³/mol. The number of carbonyl (C=O) groups is 1. The van der Waals surface area contributed by atoms with E-state index in [0.717, 1.165) is 19.2 Å². The largest absolute Gasteiger partial charge is 0.463 e. The molecule has 0 aliphatic carbocycles. The lowest BCUT2D eigenvalue weighted by Crippen LogP contribution is -2.37. The van der Waals surface area contributed by atoms with Crippen LogP contribution in [0.3, 0.4) is 0 Å². The van der Waals surface area contributed by atoms with E-state index < -0.39 is 28.7 Å². The minimum absolute atomic E-state index is 0.280. The highest BCUT2D eigenvalue weighted by atomic mass is 16.6. The molecule has 0 unspecified atom stereocenters. The van der Waals surface area contributed by atoms with Crippen LogP contribution >= 0.6 is 0 Å². The number of aromatic amines is 1. The van der Waals surface area contributed by atoms with Gasteiger partial charge in [-0.25, -0.2) is 0 Å². The molecule has 9 heteroatoms. The van der Waals surface area contributed by atoms with Gasteiger partial charge >= 0.3 is 17.1 Å². The number of rotatable bonds is 10. The third-order valence-electron chi connectivity index (χ3n) is 3.62. The maximum atomic E-state index is 12.4. The molecule has 0 saturated heterocycles. The van der Waals surface area contributed by atoms with Gasteiger partial charge in [-0.15, -0.1) is 0 Å². The highest BCUT2D eigenvalue weighted by Crippen LogP contribution is 2.17. The lowest BCUT2D eigenvalue weighted by Gasteiger charge is -2.24. The Kier molecular flexibility index (Phi) is 8.03. The fourth-order valence-electron chi connectivity index (χ4n) is 2.05. The summed E-state index contributed by atoms with van der Waals surface area (Å²) in [7, 11) is 0. The van der Waals surface area contributed by atoms with Gasteiger partial charge in [0.15, 0.2) is 6.61 Å². The Bertz CT molecular complexity index is 630. The molecule has 0 aliphatic heterocycles. The van der Waals surface area contributed by atoms with Gasteiger partial charge in [0.2, 0.25) is 0 Å². The maximum Gasteiger partial charge on any atom is 0.395 e. The molecular formula is C16H26N4O5. The normalized spacial score (nSPS) is 11.0. The molecular weight excluding hydrogens is 328 g/mol. The van der Waals surface area contributed by atoms with Gasteiger partial charge < -0.3 is 14.6 Å². The Morgan fingerprint density at radius 3 is 2.32 bits per heavy atom. The van der Waals surface area contributed by atoms with Crippen molar-refractivity contribution < 1.29 is 14.5 Å². The van der Waals surface area contributed by atoms with Crippen LogP contribution in [0, 0.1) is 22.0 Å². The number of H-pyrrole nitrogens is 1. The molecule has 1 N–H and O–H groups in total. The fourth-order valence-corrected chi connectivity index (χ4v) is 2.05. The minimum atomic E-state index is -0.918. The van der Waals surface area contributed by atoms with Crippen LogP contribution < -0.4 is 10.3 Å². The van der Waals surface area contributed by atoms with Gasteiger partial charge in [0.1, 0.15) is 0 Å². The average Bonchev–Trinajstić information content (AvgIpc) is 2.51. The van der Waals surface area contributed by atoms with E-state index in [-0.39, 0.29) is 5.91 Å². The van der Waals surface area contributed by atoms with Crippen molar-refractivity contribution in [3.05, 3.63) is 26.8 Å². The lowest BCUT2D eigenvalue weighted by atomic mass is 10.1. The Morgan fingerprint density at radius 2 is 1.84 bits per heavy atom. The summed E-state index contributed by atoms with van der Waals surface area (Å²) in [6.45, 7) is 9.09. The summed E-state index contributed by atoms with van der Waals surface area (Å²) in [5.41, 5.74) is -1.72. The molecule has 0 spiro atoms. The molecule has 1 heterocycles. The molecule has 1 aromatic heterocycles. The fraction of sp³-hybridized carbons (Fsp3) is 0.688. The summed E-state index contributed by atoms with van der Waals surface area (Å²) >= 11 is 0. The van der Waals surface area contributed by atoms with Gasteiger partial charge in [-0.1, -0.05) is 27.7 Å². The van der Waals surface area contributed by atoms with Crippen LogP contribution in [-0.4, -0.2) is 45.4 Å². The standard InChI is InChI=1S/C16H26N4O5/c1-11(2)5-7-19(8-6-12(3)4)13(21)9-25-16-14(20(23)24)15(22)17-10-18-16/h10-12H,5-9H2,1-4H3,(H,17,18,22). The topological polar surface area (TPSA) is 118 Å². The Balaban J connectivity index is 2.78. The summed E-state index contributed by atoms with van der Waals surface area (Å²) in [5.74, 6) is 0.170. The molecule has 0 saturated carbocycles. The van der Waals surface area contributed by atoms with E-state index in [2.05, 4.69) is 37.7 Å². The second-order valence-corrected chi connectivity index (χ2v) is 6.68. The molecule has 0 aliphatic rings. The van der Waals surface area contributed by atoms with Crippen molar-refractivity contribution in [1.82, 2.24) is 14.9 Å². The van der Waals surface area contributed by atoms with Crippen LogP contribution in [0.1, 0.15) is 40.5 Å². The number of hydrogen-bond donors (Lipinski definition) is 1. The highest BCUT2D eigenvalue weighted by Gasteiger charge is 2.24. The van der Waals surface area contributed by atoms with E-state index in [4.69, 9.17) is 4.74 Å². The van der Waals surface area contributed by atoms with E-state index in [1.165, 1.54) is 0 Å². The smallest absolute Gasteiger partial charge is 0.395 e. The van der Waals surface area contributed by atoms with Crippen molar-refractivity contribution in [2.24, 2.45) is 11.8 Å². The second kappa shape index (κ2) is 9.75. The molecule has 9 nitrogen and oxygen atoms in total. The summed E-state index contributed by atoms with van der Waals surface area (Å²) in [6, 6.07) is 0. The number of hydrogen-bond acceptors (Lipinski definition) is 6. The lowest BCUT2D eigenvalue weighted by molar-refractivity contribution is -0.387. The van der Waals surface area contributed by atoms with Crippen LogP contribution in [0.2, 0.25) is 0 Å². The Morgan fingerprint density at radius 1 is 1.28 bits per heavy atom. The number of aromatic nitrogens is 2. The molecule has 140 valence electrons. The summed E-state index contributed by atoms with van der Waals surface area (Å²) in [4.78, 5) is 41.5. The summed E-state index contributed by atoms with van der Waals surface area (Å²) in [6.07, 6.45) is 2.71. The SMILES string of the molecule is CC(C)CCN(CCC(C)C)C(=O)COc1nc[nH]c(=O)c1[N+](=O)[O-]. The zero-order valence-corrected chi connectivity index (χ0v) is 15.2. The van der Waals surface area contributed by atoms with Crippen LogP contribution in [0.15, 0.2) is 11.1 Å². The van der Waals surface area contributed by atoms with Crippen molar-refractivity contribution in [1.29, 1.82) is 0 Å². The summed E-state index contributed by atoms with van der Waals surface area (Å²) in [5, 5.41) is 10.9. The van der Waals surface area contributed by atoms with Gasteiger partial charge in [-0.3, -0.25) is 19.7 Å². The quantitative estimate of drug-likeness (QED) is 0.507. The van der Waals surface area contributed by atoms with E-state index in [9.17, 15) is 19.7 Å². The zero-order valence-electron chi connectivity index (χ0n) is 15.2. The van der Waals surface area contributed by atoms with E-state index in [1.54, 1.807) is 4.90 Å². The van der Waals surface area contributed by atoms with Gasteiger partial charge in [0.05, 0.1) is 11.3 Å². The number of nitrogens with zero attached hydrogens (tertiary/aromatic N) is 3. The number of nitro groups is 1. The Labute approximate surface area is 146 Å². The molecule has 0 bridgehead atoms. The van der Waals surface area contributed by atoms with E-state index in [0.29, 0.717) is 24.9 Å². The van der Waals surface area contributed by atoms with Crippen molar-refractivity contribution in [2.75, 3.05) is 19.7 Å². The monoisotopic (exact) mass is 354 g/mol. The first-order valence-electron chi connectivity index (χ1n) is 8.35.